The summed E-state index contributed by atoms with van der Waals surface area (Å²) in [5.41, 5.74) is 0. The third-order valence-electron chi connectivity index (χ3n) is 1.26. The fourth-order valence-corrected chi connectivity index (χ4v) is 2.73. The fraction of sp³-hybridized carbons (Fsp3) is 1.00. The summed E-state index contributed by atoms with van der Waals surface area (Å²) in [7, 11) is 4.12. The Kier molecular flexibility index (Phi) is 7.64. The van der Waals surface area contributed by atoms with Gasteiger partial charge >= 0.3 is 0 Å². The van der Waals surface area contributed by atoms with E-state index >= 15 is 0 Å². The van der Waals surface area contributed by atoms with Gasteiger partial charge in [-0.3, -0.25) is 0 Å². The predicted molar refractivity (Wildman–Crippen MR) is 51.9 cm³/mol. The molecule has 0 bridgehead atoms. The molecule has 0 rings (SSSR count). The molecule has 0 N–H and O–H groups in total. The van der Waals surface area contributed by atoms with Crippen LogP contribution in [0.25, 0.3) is 0 Å². The maximum atomic E-state index is 2.94. The van der Waals surface area contributed by atoms with Gasteiger partial charge in [-0.1, -0.05) is 26.7 Å². The van der Waals surface area contributed by atoms with E-state index in [2.05, 4.69) is 23.1 Å². The molecule has 2 heteroatoms. The Morgan fingerprint density at radius 2 is 2.00 bits per heavy atom. The van der Waals surface area contributed by atoms with Crippen LogP contribution in [0.3, 0.4) is 0 Å². The second-order valence-corrected chi connectivity index (χ2v) is 5.47. The molecule has 9 heavy (non-hydrogen) atoms. The molecular weight excluding hydrogens is 146 g/mol. The molecule has 0 saturated heterocycles. The predicted octanol–water partition coefficient (Wildman–Crippen LogP) is 3.08. The Hall–Kier alpha value is 0.860. The molecule has 0 aliphatic rings. The molecule has 0 spiro atoms. The van der Waals surface area contributed by atoms with Crippen LogP contribution in [-0.4, -0.2) is 11.6 Å². The van der Waals surface area contributed by atoms with Crippen LogP contribution in [0.5, 0.6) is 0 Å². The third kappa shape index (κ3) is 6.75. The van der Waals surface area contributed by atoms with Gasteiger partial charge in [-0.25, -0.2) is 0 Å². The van der Waals surface area contributed by atoms with E-state index in [1.165, 1.54) is 34.0 Å². The van der Waals surface area contributed by atoms with E-state index in [1.54, 1.807) is 0 Å². The van der Waals surface area contributed by atoms with E-state index in [-0.39, 0.29) is 0 Å². The van der Waals surface area contributed by atoms with Crippen molar-refractivity contribution in [3.05, 3.63) is 0 Å². The summed E-state index contributed by atoms with van der Waals surface area (Å²) in [6, 6.07) is 0. The van der Waals surface area contributed by atoms with E-state index in [1.807, 2.05) is 0 Å². The highest BCUT2D eigenvalue weighted by Gasteiger charge is 1.97. The monoisotopic (exact) mass is 164 g/mol. The summed E-state index contributed by atoms with van der Waals surface area (Å²) in [5.74, 6) is 0. The van der Waals surface area contributed by atoms with E-state index in [0.29, 0.717) is 0 Å². The first-order valence-corrected chi connectivity index (χ1v) is 5.75. The van der Waals surface area contributed by atoms with Crippen molar-refractivity contribution in [3.63, 3.8) is 0 Å². The lowest BCUT2D eigenvalue weighted by Crippen LogP contribution is -1.87. The zero-order valence-electron chi connectivity index (χ0n) is 6.48. The zero-order chi connectivity index (χ0) is 7.11. The van der Waals surface area contributed by atoms with E-state index in [0.717, 1.165) is 5.40 Å². The van der Waals surface area contributed by atoms with Crippen LogP contribution in [0.1, 0.15) is 33.1 Å². The third-order valence-corrected chi connectivity index (χ3v) is 3.90. The average Bonchev–Trinajstić information content (AvgIpc) is 1.85. The van der Waals surface area contributed by atoms with E-state index in [4.69, 9.17) is 0 Å². The molecule has 0 saturated carbocycles. The summed E-state index contributed by atoms with van der Waals surface area (Å²) in [6.07, 6.45) is 5.51. The largest absolute Gasteiger partial charge is 0.130 e. The van der Waals surface area contributed by atoms with Gasteiger partial charge in [-0.05, 0) is 18.0 Å². The first kappa shape index (κ1) is 9.86. The van der Waals surface area contributed by atoms with Gasteiger partial charge in [0, 0.05) is 0 Å². The summed E-state index contributed by atoms with van der Waals surface area (Å²) >= 11 is 0. The zero-order valence-corrected chi connectivity index (χ0v) is 8.64. The molecule has 0 aliphatic heterocycles. The molecule has 0 aromatic rings. The fourth-order valence-electron chi connectivity index (χ4n) is 0.743. The van der Waals surface area contributed by atoms with Crippen LogP contribution in [-0.2, 0) is 0 Å². The van der Waals surface area contributed by atoms with Crippen LogP contribution in [0.15, 0.2) is 0 Å². The lowest BCUT2D eigenvalue weighted by molar-refractivity contribution is 0.865. The SMILES string of the molecule is CCCPC(P)CCC. The minimum atomic E-state index is 0.912. The van der Waals surface area contributed by atoms with Crippen LogP contribution in [0.2, 0.25) is 0 Å². The van der Waals surface area contributed by atoms with Gasteiger partial charge in [0.05, 0.1) is 0 Å². The Labute approximate surface area is 63.2 Å². The molecule has 0 nitrogen and oxygen atoms in total. The van der Waals surface area contributed by atoms with Gasteiger partial charge in [0.2, 0.25) is 0 Å². The van der Waals surface area contributed by atoms with Crippen molar-refractivity contribution in [1.82, 2.24) is 0 Å². The highest BCUT2D eigenvalue weighted by molar-refractivity contribution is 7.50. The maximum absolute atomic E-state index is 2.94. The topological polar surface area (TPSA) is 0 Å². The molecular formula is C7H18P2. The lowest BCUT2D eigenvalue weighted by atomic mass is 10.4. The maximum Gasteiger partial charge on any atom is -0.00898 e. The van der Waals surface area contributed by atoms with Crippen molar-refractivity contribution < 1.29 is 0 Å². The quantitative estimate of drug-likeness (QED) is 0.548. The van der Waals surface area contributed by atoms with Crippen molar-refractivity contribution in [2.24, 2.45) is 0 Å². The summed E-state index contributed by atoms with van der Waals surface area (Å²) in [5, 5.41) is 0.912. The number of hydrogen-bond acceptors (Lipinski definition) is 0. The molecule has 0 fully saturated rings. The number of hydrogen-bond donors (Lipinski definition) is 0. The van der Waals surface area contributed by atoms with Crippen LogP contribution >= 0.6 is 17.8 Å². The minimum Gasteiger partial charge on any atom is -0.130 e. The van der Waals surface area contributed by atoms with Gasteiger partial charge in [0.25, 0.3) is 0 Å². The van der Waals surface area contributed by atoms with E-state index in [9.17, 15) is 0 Å². The molecule has 0 heterocycles. The molecule has 0 aromatic heterocycles. The van der Waals surface area contributed by atoms with Crippen LogP contribution < -0.4 is 0 Å². The molecule has 3 unspecified atom stereocenters. The summed E-state index contributed by atoms with van der Waals surface area (Å²) < 4.78 is 0. The van der Waals surface area contributed by atoms with Crippen molar-refractivity contribution in [1.29, 1.82) is 0 Å². The van der Waals surface area contributed by atoms with E-state index < -0.39 is 0 Å². The molecule has 0 amide bonds. The van der Waals surface area contributed by atoms with Crippen molar-refractivity contribution >= 4 is 17.8 Å². The Bertz CT molecular complexity index is 54.9. The Balaban J connectivity index is 2.95. The highest BCUT2D eigenvalue weighted by Crippen LogP contribution is 2.28. The first-order chi connectivity index (χ1) is 4.31. The summed E-state index contributed by atoms with van der Waals surface area (Å²) in [6.45, 7) is 4.52. The van der Waals surface area contributed by atoms with Crippen molar-refractivity contribution in [2.45, 2.75) is 38.5 Å². The molecule has 56 valence electrons. The molecule has 0 radical (unpaired) electrons. The Morgan fingerprint density at radius 3 is 2.44 bits per heavy atom. The second kappa shape index (κ2) is 6.97. The van der Waals surface area contributed by atoms with Gasteiger partial charge in [-0.15, -0.1) is 17.8 Å². The Morgan fingerprint density at radius 1 is 1.33 bits per heavy atom. The normalized spacial score (nSPS) is 15.0. The van der Waals surface area contributed by atoms with Gasteiger partial charge in [0.1, 0.15) is 0 Å². The summed E-state index contributed by atoms with van der Waals surface area (Å²) in [4.78, 5) is 0. The van der Waals surface area contributed by atoms with Crippen LogP contribution in [0.4, 0.5) is 0 Å². The molecule has 0 aliphatic carbocycles. The minimum absolute atomic E-state index is 0.912. The standard InChI is InChI=1S/C7H18P2/c1-3-5-7(8)9-6-4-2/h7,9H,3-6,8H2,1-2H3. The molecule has 0 aromatic carbocycles. The van der Waals surface area contributed by atoms with Gasteiger partial charge in [-0.2, -0.15) is 0 Å². The first-order valence-electron chi connectivity index (χ1n) is 3.80. The van der Waals surface area contributed by atoms with Gasteiger partial charge in [0.15, 0.2) is 0 Å². The highest BCUT2D eigenvalue weighted by atomic mass is 31.1. The van der Waals surface area contributed by atoms with Crippen molar-refractivity contribution in [2.75, 3.05) is 6.16 Å². The average molecular weight is 164 g/mol. The van der Waals surface area contributed by atoms with Crippen LogP contribution in [0, 0.1) is 0 Å². The van der Waals surface area contributed by atoms with Gasteiger partial charge < -0.3 is 0 Å². The number of rotatable bonds is 5. The molecule has 3 atom stereocenters. The van der Waals surface area contributed by atoms with Crippen molar-refractivity contribution in [3.8, 4) is 0 Å². The second-order valence-electron chi connectivity index (χ2n) is 2.35. The smallest absolute Gasteiger partial charge is 0.00898 e. The lowest BCUT2D eigenvalue weighted by Gasteiger charge is -2.07.